The Hall–Kier alpha value is -3.14. The van der Waals surface area contributed by atoms with Crippen molar-refractivity contribution in [1.82, 2.24) is 10.6 Å². The van der Waals surface area contributed by atoms with Crippen LogP contribution >= 0.6 is 0 Å². The zero-order valence-electron chi connectivity index (χ0n) is 19.0. The zero-order valence-corrected chi connectivity index (χ0v) is 19.0. The first-order valence-electron chi connectivity index (χ1n) is 10.2. The fraction of sp³-hybridized carbons (Fsp3) is 0.545. The number of carboxylic acids is 1. The number of carbonyl (C=O) groups excluding carboxylic acids is 3. The van der Waals surface area contributed by atoms with Gasteiger partial charge in [0, 0.05) is 6.42 Å². The van der Waals surface area contributed by atoms with E-state index in [1.165, 1.54) is 7.11 Å². The monoisotopic (exact) mass is 452 g/mol. The summed E-state index contributed by atoms with van der Waals surface area (Å²) in [7, 11) is 1.17. The molecule has 0 saturated carbocycles. The Labute approximate surface area is 187 Å². The largest absolute Gasteiger partial charge is 0.481 e. The van der Waals surface area contributed by atoms with Crippen LogP contribution in [0.2, 0.25) is 0 Å². The third kappa shape index (κ3) is 10.3. The second-order valence-electron chi connectivity index (χ2n) is 8.14. The third-order valence-corrected chi connectivity index (χ3v) is 4.23. The Kier molecular flexibility index (Phi) is 10.6. The van der Waals surface area contributed by atoms with Crippen LogP contribution in [0.5, 0.6) is 0 Å². The quantitative estimate of drug-likeness (QED) is 0.433. The molecular weight excluding hydrogens is 420 g/mol. The Morgan fingerprint density at radius 2 is 1.69 bits per heavy atom. The van der Waals surface area contributed by atoms with E-state index < -0.39 is 47.7 Å². The van der Waals surface area contributed by atoms with Gasteiger partial charge in [-0.05, 0) is 39.7 Å². The maximum absolute atomic E-state index is 12.8. The molecule has 0 aromatic heterocycles. The van der Waals surface area contributed by atoms with Gasteiger partial charge in [0.05, 0.1) is 18.8 Å². The van der Waals surface area contributed by atoms with E-state index in [9.17, 15) is 19.2 Å². The van der Waals surface area contributed by atoms with Crippen LogP contribution in [-0.2, 0) is 35.2 Å². The van der Waals surface area contributed by atoms with Gasteiger partial charge >= 0.3 is 18.0 Å². The summed E-state index contributed by atoms with van der Waals surface area (Å²) in [5.74, 6) is -2.64. The van der Waals surface area contributed by atoms with E-state index in [2.05, 4.69) is 10.6 Å². The topological polar surface area (TPSA) is 140 Å². The maximum atomic E-state index is 12.8. The van der Waals surface area contributed by atoms with Crippen LogP contribution in [0.3, 0.4) is 0 Å². The van der Waals surface area contributed by atoms with Crippen LogP contribution in [0.1, 0.15) is 46.1 Å². The van der Waals surface area contributed by atoms with E-state index in [-0.39, 0.29) is 19.4 Å². The van der Waals surface area contributed by atoms with E-state index >= 15 is 0 Å². The summed E-state index contributed by atoms with van der Waals surface area (Å²) in [5, 5.41) is 13.8. The van der Waals surface area contributed by atoms with Crippen LogP contribution in [0.15, 0.2) is 30.3 Å². The first kappa shape index (κ1) is 26.9. The molecule has 32 heavy (non-hydrogen) atoms. The van der Waals surface area contributed by atoms with Crippen molar-refractivity contribution in [2.45, 2.75) is 70.9 Å². The highest BCUT2D eigenvalue weighted by Gasteiger charge is 2.34. The van der Waals surface area contributed by atoms with E-state index in [1.807, 2.05) is 6.07 Å². The molecule has 0 aliphatic heterocycles. The SMILES string of the molecule is COC(=O)[C@@H](NC(=O)C(CCC(=O)O)NC(=O)OCc1ccccc1)[C@H](C)OC(C)(C)C. The molecule has 0 saturated heterocycles. The molecule has 0 aliphatic rings. The number of aliphatic carboxylic acids is 1. The van der Waals surface area contributed by atoms with E-state index in [0.717, 1.165) is 5.56 Å². The molecule has 1 aromatic rings. The molecule has 10 heteroatoms. The Bertz CT molecular complexity index is 776. The maximum Gasteiger partial charge on any atom is 0.408 e. The summed E-state index contributed by atoms with van der Waals surface area (Å²) in [6.45, 7) is 6.95. The second kappa shape index (κ2) is 12.7. The second-order valence-corrected chi connectivity index (χ2v) is 8.14. The van der Waals surface area contributed by atoms with Crippen molar-refractivity contribution in [2.75, 3.05) is 7.11 Å². The van der Waals surface area contributed by atoms with Crippen LogP contribution in [0.25, 0.3) is 0 Å². The molecule has 1 unspecified atom stereocenters. The number of benzene rings is 1. The molecule has 0 spiro atoms. The lowest BCUT2D eigenvalue weighted by Crippen LogP contribution is -2.56. The number of carbonyl (C=O) groups is 4. The van der Waals surface area contributed by atoms with Crippen molar-refractivity contribution < 1.29 is 38.5 Å². The number of hydrogen-bond donors (Lipinski definition) is 3. The van der Waals surface area contributed by atoms with Crippen molar-refractivity contribution in [3.05, 3.63) is 35.9 Å². The van der Waals surface area contributed by atoms with Gasteiger partial charge in [0.15, 0.2) is 6.04 Å². The van der Waals surface area contributed by atoms with E-state index in [4.69, 9.17) is 19.3 Å². The third-order valence-electron chi connectivity index (χ3n) is 4.23. The molecule has 0 heterocycles. The van der Waals surface area contributed by atoms with Gasteiger partial charge in [0.2, 0.25) is 5.91 Å². The molecule has 178 valence electrons. The average molecular weight is 453 g/mol. The lowest BCUT2D eigenvalue weighted by Gasteiger charge is -2.30. The van der Waals surface area contributed by atoms with Gasteiger partial charge in [-0.3, -0.25) is 9.59 Å². The van der Waals surface area contributed by atoms with Gasteiger partial charge < -0.3 is 30.0 Å². The van der Waals surface area contributed by atoms with Crippen LogP contribution < -0.4 is 10.6 Å². The highest BCUT2D eigenvalue weighted by molar-refractivity contribution is 5.90. The van der Waals surface area contributed by atoms with Gasteiger partial charge in [-0.1, -0.05) is 30.3 Å². The number of amides is 2. The number of ether oxygens (including phenoxy) is 3. The minimum atomic E-state index is -1.25. The number of nitrogens with one attached hydrogen (secondary N) is 2. The zero-order chi connectivity index (χ0) is 24.3. The van der Waals surface area contributed by atoms with Crippen LogP contribution in [0, 0.1) is 0 Å². The fourth-order valence-electron chi connectivity index (χ4n) is 2.82. The average Bonchev–Trinajstić information content (AvgIpc) is 2.72. The summed E-state index contributed by atoms with van der Waals surface area (Å²) >= 11 is 0. The Morgan fingerprint density at radius 1 is 1.06 bits per heavy atom. The summed E-state index contributed by atoms with van der Waals surface area (Å²) in [4.78, 5) is 48.2. The summed E-state index contributed by atoms with van der Waals surface area (Å²) in [5.41, 5.74) is 0.145. The Balaban J connectivity index is 2.87. The lowest BCUT2D eigenvalue weighted by atomic mass is 10.1. The summed E-state index contributed by atoms with van der Waals surface area (Å²) in [6.07, 6.45) is -2.23. The van der Waals surface area contributed by atoms with Crippen LogP contribution in [0.4, 0.5) is 4.79 Å². The normalized spacial score (nSPS) is 13.9. The number of methoxy groups -OCH3 is 1. The smallest absolute Gasteiger partial charge is 0.408 e. The van der Waals surface area contributed by atoms with Crippen molar-refractivity contribution in [3.63, 3.8) is 0 Å². The molecule has 0 radical (unpaired) electrons. The molecule has 3 atom stereocenters. The first-order valence-corrected chi connectivity index (χ1v) is 10.2. The van der Waals surface area contributed by atoms with Crippen molar-refractivity contribution >= 4 is 23.9 Å². The molecule has 2 amide bonds. The number of esters is 1. The standard InChI is InChI=1S/C22H32N2O8/c1-14(32-22(2,3)4)18(20(28)30-5)24-19(27)16(11-12-17(25)26)23-21(29)31-13-15-9-7-6-8-10-15/h6-10,14,16,18H,11-13H2,1-5H3,(H,23,29)(H,24,27)(H,25,26)/t14-,16?,18-/m0/s1. The molecular formula is C22H32N2O8. The predicted octanol–water partition coefficient (Wildman–Crippen LogP) is 2.01. The minimum absolute atomic E-state index is 0.0266. The lowest BCUT2D eigenvalue weighted by molar-refractivity contribution is -0.153. The van der Waals surface area contributed by atoms with Crippen LogP contribution in [-0.4, -0.2) is 59.9 Å². The van der Waals surface area contributed by atoms with Gasteiger partial charge in [-0.15, -0.1) is 0 Å². The highest BCUT2D eigenvalue weighted by atomic mass is 16.5. The highest BCUT2D eigenvalue weighted by Crippen LogP contribution is 2.14. The van der Waals surface area contributed by atoms with Gasteiger partial charge in [-0.2, -0.15) is 0 Å². The summed E-state index contributed by atoms with van der Waals surface area (Å²) < 4.78 is 15.6. The number of rotatable bonds is 11. The number of hydrogen-bond acceptors (Lipinski definition) is 7. The molecule has 0 aliphatic carbocycles. The molecule has 0 fully saturated rings. The Morgan fingerprint density at radius 3 is 2.22 bits per heavy atom. The molecule has 0 bridgehead atoms. The molecule has 10 nitrogen and oxygen atoms in total. The van der Waals surface area contributed by atoms with Crippen molar-refractivity contribution in [1.29, 1.82) is 0 Å². The molecule has 1 rings (SSSR count). The predicted molar refractivity (Wildman–Crippen MR) is 115 cm³/mol. The van der Waals surface area contributed by atoms with Crippen molar-refractivity contribution in [2.24, 2.45) is 0 Å². The number of carboxylic acid groups (broad SMARTS) is 1. The number of alkyl carbamates (subject to hydrolysis) is 1. The van der Waals surface area contributed by atoms with E-state index in [0.29, 0.717) is 0 Å². The fourth-order valence-corrected chi connectivity index (χ4v) is 2.82. The first-order chi connectivity index (χ1) is 14.9. The van der Waals surface area contributed by atoms with Gasteiger partial charge in [0.1, 0.15) is 12.6 Å². The van der Waals surface area contributed by atoms with Gasteiger partial charge in [0.25, 0.3) is 0 Å². The minimum Gasteiger partial charge on any atom is -0.481 e. The molecule has 1 aromatic carbocycles. The molecule has 3 N–H and O–H groups in total. The van der Waals surface area contributed by atoms with Crippen molar-refractivity contribution in [3.8, 4) is 0 Å². The summed E-state index contributed by atoms with van der Waals surface area (Å²) in [6, 6.07) is 6.50. The van der Waals surface area contributed by atoms with Gasteiger partial charge in [-0.25, -0.2) is 9.59 Å². The van der Waals surface area contributed by atoms with E-state index in [1.54, 1.807) is 52.0 Å².